The Morgan fingerprint density at radius 2 is 2.12 bits per heavy atom. The van der Waals surface area contributed by atoms with Crippen LogP contribution in [0.2, 0.25) is 5.02 Å². The van der Waals surface area contributed by atoms with E-state index in [0.29, 0.717) is 12.0 Å². The molecule has 34 heavy (non-hydrogen) atoms. The van der Waals surface area contributed by atoms with E-state index in [-0.39, 0.29) is 58.5 Å². The van der Waals surface area contributed by atoms with Gasteiger partial charge in [0.25, 0.3) is 0 Å². The predicted octanol–water partition coefficient (Wildman–Crippen LogP) is 4.65. The van der Waals surface area contributed by atoms with Gasteiger partial charge in [-0.05, 0) is 31.2 Å². The molecule has 0 spiro atoms. The summed E-state index contributed by atoms with van der Waals surface area (Å²) < 4.78 is 25.3. The first-order valence-electron chi connectivity index (χ1n) is 10.9. The van der Waals surface area contributed by atoms with E-state index in [9.17, 15) is 24.6 Å². The van der Waals surface area contributed by atoms with Gasteiger partial charge in [0.1, 0.15) is 46.7 Å². The third-order valence-corrected chi connectivity index (χ3v) is 6.37. The van der Waals surface area contributed by atoms with Crippen LogP contribution in [0, 0.1) is 11.0 Å². The molecule has 3 atom stereocenters. The van der Waals surface area contributed by atoms with Crippen molar-refractivity contribution in [3.8, 4) is 11.5 Å². The van der Waals surface area contributed by atoms with Crippen molar-refractivity contribution < 1.29 is 28.4 Å². The molecule has 0 bridgehead atoms. The number of likely N-dealkylation sites (tertiary alicyclic amines) is 1. The monoisotopic (exact) mass is 489 g/mol. The Kier molecular flexibility index (Phi) is 6.69. The highest BCUT2D eigenvalue weighted by Crippen LogP contribution is 2.43. The molecule has 1 aliphatic heterocycles. The number of hydrogen-bond acceptors (Lipinski definition) is 6. The van der Waals surface area contributed by atoms with Crippen LogP contribution < -0.4 is 10.2 Å². The number of halogens is 2. The number of hydroxylamine groups is 3. The Balaban J connectivity index is 1.90. The average Bonchev–Trinajstić information content (AvgIpc) is 2.74. The number of rotatable bonds is 5. The Hall–Kier alpha value is -2.91. The zero-order chi connectivity index (χ0) is 24.6. The molecule has 4 rings (SSSR count). The highest BCUT2D eigenvalue weighted by Gasteiger charge is 2.37. The van der Waals surface area contributed by atoms with Crippen LogP contribution in [0.25, 0.3) is 23.1 Å². The number of hydrogen-bond donors (Lipinski definition) is 2. The van der Waals surface area contributed by atoms with E-state index in [2.05, 4.69) is 0 Å². The molecule has 1 saturated heterocycles. The molecule has 0 saturated carbocycles. The summed E-state index contributed by atoms with van der Waals surface area (Å²) >= 11 is 6.08. The van der Waals surface area contributed by atoms with Crippen LogP contribution in [0.1, 0.15) is 36.1 Å². The third-order valence-electron chi connectivity index (χ3n) is 6.04. The molecule has 3 aromatic rings. The first-order chi connectivity index (χ1) is 16.1. The molecule has 1 unspecified atom stereocenters. The summed E-state index contributed by atoms with van der Waals surface area (Å²) in [6.45, 7) is 2.26. The minimum atomic E-state index is -1.01. The molecule has 0 aliphatic carbocycles. The Morgan fingerprint density at radius 1 is 1.35 bits per heavy atom. The van der Waals surface area contributed by atoms with E-state index < -0.39 is 27.9 Å². The zero-order valence-electron chi connectivity index (χ0n) is 18.8. The molecular weight excluding hydrogens is 465 g/mol. The number of fused-ring (bicyclic) bond motifs is 1. The largest absolute Gasteiger partial charge is 0.633 e. The molecule has 9 heteroatoms. The topological polar surface area (TPSA) is 103 Å². The number of ether oxygens (including phenoxy) is 1. The number of nitrogens with zero attached hydrogens (tertiary/aromatic N) is 1. The van der Waals surface area contributed by atoms with Crippen molar-refractivity contribution in [3.05, 3.63) is 73.5 Å². The zero-order valence-corrected chi connectivity index (χ0v) is 19.5. The molecule has 1 aliphatic rings. The standard InChI is InChI=1S/C25H25ClFNO6/c1-3-33-22-12-20(30)24-19(29)11-14(7-8-15-17(26)5-4-6-18(15)27)34-25(24)23(22)16-9-10-28(2,32)13-21(16)31/h4-8,11-12,16,21,30-31H,3,9-10,13H2,1-2H3/b8-7+/t16-,21+,28?/m0/s1. The fourth-order valence-electron chi connectivity index (χ4n) is 4.43. The summed E-state index contributed by atoms with van der Waals surface area (Å²) in [7, 11) is 1.49. The average molecular weight is 490 g/mol. The quantitative estimate of drug-likeness (QED) is 0.399. The number of phenolic OH excluding ortho intramolecular Hbond substituents is 1. The second-order valence-corrected chi connectivity index (χ2v) is 9.00. The van der Waals surface area contributed by atoms with E-state index in [1.54, 1.807) is 6.92 Å². The van der Waals surface area contributed by atoms with Crippen molar-refractivity contribution in [2.45, 2.75) is 25.4 Å². The SMILES string of the molecule is CCOc1cc(O)c2c(=O)cc(/C=C/c3c(F)cccc3Cl)oc2c1[C@H]1CC[N+](C)([O-])C[C@H]1O. The van der Waals surface area contributed by atoms with E-state index in [1.807, 2.05) is 0 Å². The number of aromatic hydroxyl groups is 1. The summed E-state index contributed by atoms with van der Waals surface area (Å²) in [5, 5.41) is 33.9. The molecule has 0 amide bonds. The van der Waals surface area contributed by atoms with Gasteiger partial charge in [0, 0.05) is 35.6 Å². The van der Waals surface area contributed by atoms with Gasteiger partial charge in [-0.1, -0.05) is 17.7 Å². The van der Waals surface area contributed by atoms with Gasteiger partial charge in [-0.25, -0.2) is 4.39 Å². The highest BCUT2D eigenvalue weighted by atomic mass is 35.5. The van der Waals surface area contributed by atoms with E-state index >= 15 is 0 Å². The van der Waals surface area contributed by atoms with Crippen LogP contribution in [0.15, 0.2) is 39.5 Å². The molecule has 2 N–H and O–H groups in total. The normalized spacial score (nSPS) is 23.0. The minimum absolute atomic E-state index is 0.0335. The Bertz CT molecular complexity index is 1300. The summed E-state index contributed by atoms with van der Waals surface area (Å²) in [6.07, 6.45) is 2.12. The smallest absolute Gasteiger partial charge is 0.197 e. The van der Waals surface area contributed by atoms with Crippen LogP contribution in [-0.4, -0.2) is 47.7 Å². The Labute approximate surface area is 200 Å². The summed E-state index contributed by atoms with van der Waals surface area (Å²) in [5.74, 6) is -1.04. The van der Waals surface area contributed by atoms with Gasteiger partial charge < -0.3 is 29.2 Å². The number of quaternary nitrogens is 1. The molecule has 2 heterocycles. The number of aliphatic hydroxyl groups excluding tert-OH is 1. The van der Waals surface area contributed by atoms with Crippen LogP contribution in [0.4, 0.5) is 4.39 Å². The molecule has 1 aromatic heterocycles. The Morgan fingerprint density at radius 3 is 2.79 bits per heavy atom. The van der Waals surface area contributed by atoms with Gasteiger partial charge in [-0.15, -0.1) is 0 Å². The maximum absolute atomic E-state index is 14.2. The summed E-state index contributed by atoms with van der Waals surface area (Å²) in [5.41, 5.74) is 0.0877. The molecular formula is C25H25ClFNO6. The highest BCUT2D eigenvalue weighted by molar-refractivity contribution is 6.32. The van der Waals surface area contributed by atoms with Crippen LogP contribution in [0.5, 0.6) is 11.5 Å². The molecule has 180 valence electrons. The third kappa shape index (κ3) is 4.67. The molecule has 7 nitrogen and oxygen atoms in total. The van der Waals surface area contributed by atoms with Crippen LogP contribution in [0.3, 0.4) is 0 Å². The van der Waals surface area contributed by atoms with Crippen LogP contribution in [-0.2, 0) is 0 Å². The second-order valence-electron chi connectivity index (χ2n) is 8.59. The van der Waals surface area contributed by atoms with Crippen molar-refractivity contribution >= 4 is 34.7 Å². The number of benzene rings is 2. The number of likely N-dealkylation sites (N-methyl/N-ethyl adjacent to an activating group) is 1. The fourth-order valence-corrected chi connectivity index (χ4v) is 4.65. The lowest BCUT2D eigenvalue weighted by atomic mass is 9.85. The van der Waals surface area contributed by atoms with Crippen molar-refractivity contribution in [1.29, 1.82) is 0 Å². The second kappa shape index (κ2) is 9.38. The van der Waals surface area contributed by atoms with E-state index in [0.717, 1.165) is 0 Å². The maximum Gasteiger partial charge on any atom is 0.197 e. The van der Waals surface area contributed by atoms with Crippen molar-refractivity contribution in [1.82, 2.24) is 0 Å². The predicted molar refractivity (Wildman–Crippen MR) is 128 cm³/mol. The van der Waals surface area contributed by atoms with Crippen LogP contribution >= 0.6 is 11.6 Å². The summed E-state index contributed by atoms with van der Waals surface area (Å²) in [4.78, 5) is 12.9. The van der Waals surface area contributed by atoms with Crippen molar-refractivity contribution in [2.75, 3.05) is 26.7 Å². The van der Waals surface area contributed by atoms with Gasteiger partial charge in [-0.3, -0.25) is 4.79 Å². The fraction of sp³-hybridized carbons (Fsp3) is 0.320. The first kappa shape index (κ1) is 24.2. The molecule has 0 radical (unpaired) electrons. The first-order valence-corrected chi connectivity index (χ1v) is 11.3. The van der Waals surface area contributed by atoms with Gasteiger partial charge in [0.2, 0.25) is 0 Å². The molecule has 1 fully saturated rings. The minimum Gasteiger partial charge on any atom is -0.633 e. The number of phenols is 1. The molecule has 2 aromatic carbocycles. The lowest BCUT2D eigenvalue weighted by molar-refractivity contribution is -0.870. The van der Waals surface area contributed by atoms with E-state index in [1.165, 1.54) is 49.5 Å². The number of aliphatic hydroxyl groups is 1. The van der Waals surface area contributed by atoms with Gasteiger partial charge >= 0.3 is 0 Å². The summed E-state index contributed by atoms with van der Waals surface area (Å²) in [6, 6.07) is 6.80. The van der Waals surface area contributed by atoms with E-state index in [4.69, 9.17) is 20.8 Å². The van der Waals surface area contributed by atoms with Crippen molar-refractivity contribution in [2.24, 2.45) is 0 Å². The number of piperidine rings is 1. The lowest BCUT2D eigenvalue weighted by Crippen LogP contribution is -2.51. The lowest BCUT2D eigenvalue weighted by Gasteiger charge is -2.46. The van der Waals surface area contributed by atoms with Gasteiger partial charge in [0.05, 0.1) is 25.2 Å². The van der Waals surface area contributed by atoms with Gasteiger partial charge in [0.15, 0.2) is 5.43 Å². The van der Waals surface area contributed by atoms with Crippen molar-refractivity contribution in [3.63, 3.8) is 0 Å². The maximum atomic E-state index is 14.2. The van der Waals surface area contributed by atoms with Gasteiger partial charge in [-0.2, -0.15) is 0 Å².